The van der Waals surface area contributed by atoms with Gasteiger partial charge in [-0.2, -0.15) is 30.0 Å². The summed E-state index contributed by atoms with van der Waals surface area (Å²) in [6.45, 7) is -0.625. The number of rotatable bonds is 6. The van der Waals surface area contributed by atoms with E-state index >= 15 is 0 Å². The van der Waals surface area contributed by atoms with Crippen LogP contribution in [0.4, 0.5) is 26.3 Å². The Morgan fingerprint density at radius 1 is 0.574 bits per heavy atom. The van der Waals surface area contributed by atoms with Crippen molar-refractivity contribution in [1.82, 2.24) is 40.0 Å². The summed E-state index contributed by atoms with van der Waals surface area (Å²) in [6.07, 6.45) is 0.791. The molecule has 0 bridgehead atoms. The van der Waals surface area contributed by atoms with E-state index < -0.39 is 36.6 Å². The predicted octanol–water partition coefficient (Wildman–Crippen LogP) is 6.45. The summed E-state index contributed by atoms with van der Waals surface area (Å²) in [5.41, 5.74) is 1.98. The van der Waals surface area contributed by atoms with Gasteiger partial charge in [-0.3, -0.25) is 0 Å². The Morgan fingerprint density at radius 3 is 1.40 bits per heavy atom. The molecule has 0 aliphatic carbocycles. The minimum atomic E-state index is -0.746. The molecule has 6 rings (SSSR count). The lowest BCUT2D eigenvalue weighted by Crippen LogP contribution is -2.01. The standard InChI is InChI=1S/2C16H11F3N4.ClH/c2*17-10-13-6-3-5-12(20-13)4-1-2-7-23-21-15-9-11(18)8-14(19)16(15)22-23;/h2*3,5-6,8-9H,2,7,10H2;1H. The highest BCUT2D eigenvalue weighted by Crippen LogP contribution is 2.16. The van der Waals surface area contributed by atoms with Crippen LogP contribution >= 0.6 is 12.4 Å². The Kier molecular flexibility index (Phi) is 11.9. The van der Waals surface area contributed by atoms with Crippen LogP contribution in [-0.2, 0) is 26.4 Å². The number of halogens is 7. The van der Waals surface area contributed by atoms with E-state index in [1.165, 1.54) is 9.59 Å². The summed E-state index contributed by atoms with van der Waals surface area (Å²) in [4.78, 5) is 10.6. The number of benzene rings is 2. The van der Waals surface area contributed by atoms with Crippen LogP contribution < -0.4 is 0 Å². The topological polar surface area (TPSA) is 87.2 Å². The summed E-state index contributed by atoms with van der Waals surface area (Å²) in [7, 11) is 0. The fraction of sp³-hybridized carbons (Fsp3) is 0.188. The van der Waals surface area contributed by atoms with Gasteiger partial charge in [-0.15, -0.1) is 12.4 Å². The van der Waals surface area contributed by atoms with Gasteiger partial charge in [0.05, 0.1) is 24.5 Å². The van der Waals surface area contributed by atoms with Crippen molar-refractivity contribution in [1.29, 1.82) is 0 Å². The summed E-state index contributed by atoms with van der Waals surface area (Å²) in [6, 6.07) is 13.7. The first-order chi connectivity index (χ1) is 22.3. The second kappa shape index (κ2) is 16.2. The molecule has 47 heavy (non-hydrogen) atoms. The predicted molar refractivity (Wildman–Crippen MR) is 163 cm³/mol. The van der Waals surface area contributed by atoms with Gasteiger partial charge in [0.2, 0.25) is 0 Å². The van der Waals surface area contributed by atoms with Gasteiger partial charge < -0.3 is 0 Å². The fourth-order valence-electron chi connectivity index (χ4n) is 4.04. The number of hydrogen-bond acceptors (Lipinski definition) is 6. The molecule has 4 aromatic heterocycles. The largest absolute Gasteiger partial charge is 0.244 e. The van der Waals surface area contributed by atoms with Gasteiger partial charge in [0.25, 0.3) is 0 Å². The maximum absolute atomic E-state index is 13.5. The molecular formula is C32H23ClF6N8. The second-order valence-electron chi connectivity index (χ2n) is 9.50. The molecule has 8 nitrogen and oxygen atoms in total. The Morgan fingerprint density at radius 2 is 1.00 bits per heavy atom. The number of aryl methyl sites for hydroxylation is 2. The summed E-state index contributed by atoms with van der Waals surface area (Å²) in [5, 5.41) is 15.9. The Hall–Kier alpha value is -5.47. The average Bonchev–Trinajstić information content (AvgIpc) is 3.66. The number of pyridine rings is 2. The van der Waals surface area contributed by atoms with Crippen molar-refractivity contribution < 1.29 is 26.3 Å². The molecule has 2 aromatic carbocycles. The molecule has 0 amide bonds. The van der Waals surface area contributed by atoms with E-state index in [1.54, 1.807) is 36.4 Å². The molecule has 0 aliphatic heterocycles. The number of fused-ring (bicyclic) bond motifs is 2. The van der Waals surface area contributed by atoms with Gasteiger partial charge in [-0.05, 0) is 36.1 Å². The molecule has 0 saturated heterocycles. The molecular weight excluding hydrogens is 646 g/mol. The Bertz CT molecular complexity index is 1980. The minimum Gasteiger partial charge on any atom is -0.244 e. The lowest BCUT2D eigenvalue weighted by molar-refractivity contribution is 0.475. The SMILES string of the molecule is Cl.FCc1cccc(C#CCCn2nc3cc(F)cc(F)c3n2)n1.FCc1cccc(C#CCCn2nc3cc(F)cc(F)c3n2)n1. The van der Waals surface area contributed by atoms with E-state index in [0.29, 0.717) is 48.7 Å². The van der Waals surface area contributed by atoms with Crippen LogP contribution in [0.5, 0.6) is 0 Å². The van der Waals surface area contributed by atoms with Crippen LogP contribution in [-0.4, -0.2) is 40.0 Å². The van der Waals surface area contributed by atoms with Crippen molar-refractivity contribution >= 4 is 34.5 Å². The highest BCUT2D eigenvalue weighted by atomic mass is 35.5. The molecule has 6 aromatic rings. The zero-order chi connectivity index (χ0) is 32.5. The van der Waals surface area contributed by atoms with E-state index in [0.717, 1.165) is 24.3 Å². The van der Waals surface area contributed by atoms with Crippen molar-refractivity contribution in [3.05, 3.63) is 107 Å². The van der Waals surface area contributed by atoms with E-state index in [-0.39, 0.29) is 34.5 Å². The van der Waals surface area contributed by atoms with Crippen molar-refractivity contribution in [2.75, 3.05) is 0 Å². The third-order valence-corrected chi connectivity index (χ3v) is 6.09. The molecule has 4 heterocycles. The van der Waals surface area contributed by atoms with Crippen molar-refractivity contribution in [2.24, 2.45) is 0 Å². The number of alkyl halides is 2. The van der Waals surface area contributed by atoms with E-state index in [2.05, 4.69) is 54.0 Å². The molecule has 0 radical (unpaired) electrons. The van der Waals surface area contributed by atoms with Crippen LogP contribution in [0.2, 0.25) is 0 Å². The number of nitrogens with zero attached hydrogens (tertiary/aromatic N) is 8. The van der Waals surface area contributed by atoms with E-state index in [1.807, 2.05) is 0 Å². The fourth-order valence-corrected chi connectivity index (χ4v) is 4.04. The maximum atomic E-state index is 13.5. The lowest BCUT2D eigenvalue weighted by atomic mass is 10.3. The first-order valence-electron chi connectivity index (χ1n) is 13.7. The van der Waals surface area contributed by atoms with Crippen LogP contribution in [0, 0.1) is 47.0 Å². The van der Waals surface area contributed by atoms with E-state index in [4.69, 9.17) is 0 Å². The highest BCUT2D eigenvalue weighted by molar-refractivity contribution is 5.85. The molecule has 0 aliphatic rings. The average molecular weight is 669 g/mol. The van der Waals surface area contributed by atoms with Crippen LogP contribution in [0.25, 0.3) is 22.1 Å². The molecule has 0 spiro atoms. The molecule has 0 fully saturated rings. The maximum Gasteiger partial charge on any atom is 0.155 e. The quantitative estimate of drug-likeness (QED) is 0.150. The van der Waals surface area contributed by atoms with Gasteiger partial charge in [0.15, 0.2) is 11.6 Å². The van der Waals surface area contributed by atoms with Crippen molar-refractivity contribution in [2.45, 2.75) is 39.3 Å². The monoisotopic (exact) mass is 668 g/mol. The molecule has 0 N–H and O–H groups in total. The Labute approximate surface area is 270 Å². The first-order valence-corrected chi connectivity index (χ1v) is 13.7. The van der Waals surface area contributed by atoms with Gasteiger partial charge in [0, 0.05) is 37.1 Å². The molecule has 0 atom stereocenters. The number of hydrogen-bond donors (Lipinski definition) is 0. The van der Waals surface area contributed by atoms with Gasteiger partial charge in [-0.25, -0.2) is 36.3 Å². The summed E-state index contributed by atoms with van der Waals surface area (Å²) in [5.74, 6) is 8.48. The third kappa shape index (κ3) is 9.28. The van der Waals surface area contributed by atoms with Crippen LogP contribution in [0.1, 0.15) is 35.6 Å². The first kappa shape index (κ1) is 34.4. The van der Waals surface area contributed by atoms with E-state index in [9.17, 15) is 26.3 Å². The lowest BCUT2D eigenvalue weighted by Gasteiger charge is -1.94. The molecule has 240 valence electrons. The summed E-state index contributed by atoms with van der Waals surface area (Å²) < 4.78 is 78.2. The molecule has 15 heteroatoms. The Balaban J connectivity index is 0.000000208. The minimum absolute atomic E-state index is 0. The zero-order valence-electron chi connectivity index (χ0n) is 24.3. The molecule has 0 saturated carbocycles. The number of aromatic nitrogens is 8. The highest BCUT2D eigenvalue weighted by Gasteiger charge is 2.11. The molecule has 0 unspecified atom stereocenters. The van der Waals surface area contributed by atoms with Crippen molar-refractivity contribution in [3.8, 4) is 23.7 Å². The normalized spacial score (nSPS) is 10.3. The van der Waals surface area contributed by atoms with Crippen molar-refractivity contribution in [3.63, 3.8) is 0 Å². The summed E-state index contributed by atoms with van der Waals surface area (Å²) >= 11 is 0. The third-order valence-electron chi connectivity index (χ3n) is 6.09. The zero-order valence-corrected chi connectivity index (χ0v) is 25.1. The van der Waals surface area contributed by atoms with Gasteiger partial charge >= 0.3 is 0 Å². The smallest absolute Gasteiger partial charge is 0.155 e. The van der Waals surface area contributed by atoms with Crippen LogP contribution in [0.3, 0.4) is 0 Å². The van der Waals surface area contributed by atoms with Gasteiger partial charge in [-0.1, -0.05) is 24.0 Å². The second-order valence-corrected chi connectivity index (χ2v) is 9.50. The van der Waals surface area contributed by atoms with Crippen LogP contribution in [0.15, 0.2) is 60.7 Å². The van der Waals surface area contributed by atoms with Gasteiger partial charge in [0.1, 0.15) is 58.4 Å².